The van der Waals surface area contributed by atoms with Crippen molar-refractivity contribution in [3.63, 3.8) is 0 Å². The van der Waals surface area contributed by atoms with Gasteiger partial charge < -0.3 is 14.1 Å². The lowest BCUT2D eigenvalue weighted by molar-refractivity contribution is -0.139. The van der Waals surface area contributed by atoms with Crippen LogP contribution in [-0.2, 0) is 9.53 Å². The molecule has 3 heterocycles. The van der Waals surface area contributed by atoms with Gasteiger partial charge in [0.2, 0.25) is 0 Å². The van der Waals surface area contributed by atoms with Crippen LogP contribution in [0.1, 0.15) is 25.6 Å². The van der Waals surface area contributed by atoms with Crippen molar-refractivity contribution in [1.29, 1.82) is 0 Å². The summed E-state index contributed by atoms with van der Waals surface area (Å²) in [6.07, 6.45) is 1.62. The molecule has 24 heavy (non-hydrogen) atoms. The summed E-state index contributed by atoms with van der Waals surface area (Å²) in [5.74, 6) is 0.343. The van der Waals surface area contributed by atoms with Crippen molar-refractivity contribution >= 4 is 28.6 Å². The molecular weight excluding hydrogens is 324 g/mol. The highest BCUT2D eigenvalue weighted by atomic mass is 32.2. The van der Waals surface area contributed by atoms with Gasteiger partial charge in [-0.2, -0.15) is 0 Å². The number of rotatable bonds is 3. The van der Waals surface area contributed by atoms with Gasteiger partial charge >= 0.3 is 5.97 Å². The van der Waals surface area contributed by atoms with Crippen molar-refractivity contribution in [3.8, 4) is 0 Å². The minimum Gasteiger partial charge on any atom is -0.467 e. The third-order valence-corrected chi connectivity index (χ3v) is 5.06. The third kappa shape index (κ3) is 2.26. The van der Waals surface area contributed by atoms with Crippen molar-refractivity contribution in [2.24, 2.45) is 4.99 Å². The molecular formula is C18H16N2O3S. The number of hydrogen-bond acceptors (Lipinski definition) is 6. The Morgan fingerprint density at radius 2 is 2.17 bits per heavy atom. The fourth-order valence-electron chi connectivity index (χ4n) is 3.03. The number of fused-ring (bicyclic) bond motifs is 3. The summed E-state index contributed by atoms with van der Waals surface area (Å²) in [5, 5.41) is 0.850. The largest absolute Gasteiger partial charge is 0.467 e. The second-order valence-electron chi connectivity index (χ2n) is 5.47. The van der Waals surface area contributed by atoms with Gasteiger partial charge in [-0.1, -0.05) is 12.1 Å². The standard InChI is InChI=1S/C18H16N2O3S/c1-3-22-17(21)15-11(2)19-18-20(16(15)13-8-6-10-23-13)12-7-4-5-9-14(12)24-18/h4-10,16H,3H2,1-2H3/t16-/m1/s1. The number of benzene rings is 1. The van der Waals surface area contributed by atoms with Crippen LogP contribution in [0, 0.1) is 0 Å². The highest BCUT2D eigenvalue weighted by Crippen LogP contribution is 2.49. The molecule has 6 heteroatoms. The molecule has 0 spiro atoms. The summed E-state index contributed by atoms with van der Waals surface area (Å²) >= 11 is 1.60. The van der Waals surface area contributed by atoms with E-state index in [0.29, 0.717) is 23.6 Å². The molecule has 122 valence electrons. The SMILES string of the molecule is CCOC(=O)C1=C(C)N=C2Sc3ccccc3N2[C@@H]1c1ccco1. The van der Waals surface area contributed by atoms with Crippen molar-refractivity contribution in [3.05, 3.63) is 59.7 Å². The number of esters is 1. The lowest BCUT2D eigenvalue weighted by Crippen LogP contribution is -2.37. The topological polar surface area (TPSA) is 55.0 Å². The summed E-state index contributed by atoms with van der Waals surface area (Å²) < 4.78 is 10.9. The van der Waals surface area contributed by atoms with E-state index in [1.54, 1.807) is 24.9 Å². The first-order chi connectivity index (χ1) is 11.7. The number of carbonyl (C=O) groups excluding carboxylic acids is 1. The molecule has 0 fully saturated rings. The summed E-state index contributed by atoms with van der Waals surface area (Å²) in [6.45, 7) is 3.96. The average Bonchev–Trinajstić information content (AvgIpc) is 3.21. The number of allylic oxidation sites excluding steroid dienone is 1. The minimum absolute atomic E-state index is 0.322. The van der Waals surface area contributed by atoms with Crippen molar-refractivity contribution in [2.75, 3.05) is 11.5 Å². The second-order valence-corrected chi connectivity index (χ2v) is 6.48. The van der Waals surface area contributed by atoms with Crippen LogP contribution in [0.2, 0.25) is 0 Å². The lowest BCUT2D eigenvalue weighted by Gasteiger charge is -2.33. The number of furan rings is 1. The summed E-state index contributed by atoms with van der Waals surface area (Å²) in [6, 6.07) is 11.4. The smallest absolute Gasteiger partial charge is 0.338 e. The Labute approximate surface area is 144 Å². The highest BCUT2D eigenvalue weighted by Gasteiger charge is 2.43. The molecule has 5 nitrogen and oxygen atoms in total. The molecule has 0 unspecified atom stereocenters. The Kier molecular flexibility index (Phi) is 3.69. The predicted octanol–water partition coefficient (Wildman–Crippen LogP) is 4.14. The van der Waals surface area contributed by atoms with E-state index in [-0.39, 0.29) is 12.0 Å². The maximum Gasteiger partial charge on any atom is 0.338 e. The molecule has 2 aliphatic heterocycles. The minimum atomic E-state index is -0.373. The zero-order valence-corrected chi connectivity index (χ0v) is 14.2. The Morgan fingerprint density at radius 3 is 2.92 bits per heavy atom. The predicted molar refractivity (Wildman–Crippen MR) is 93.0 cm³/mol. The van der Waals surface area contributed by atoms with Gasteiger partial charge in [0.05, 0.1) is 29.8 Å². The lowest BCUT2D eigenvalue weighted by atomic mass is 9.99. The van der Waals surface area contributed by atoms with Crippen molar-refractivity contribution in [1.82, 2.24) is 0 Å². The van der Waals surface area contributed by atoms with Gasteiger partial charge in [-0.25, -0.2) is 9.79 Å². The van der Waals surface area contributed by atoms with Crippen LogP contribution in [0.3, 0.4) is 0 Å². The van der Waals surface area contributed by atoms with E-state index < -0.39 is 0 Å². The fourth-order valence-corrected chi connectivity index (χ4v) is 4.13. The number of nitrogens with zero attached hydrogens (tertiary/aromatic N) is 2. The molecule has 0 saturated heterocycles. The zero-order chi connectivity index (χ0) is 16.7. The van der Waals surface area contributed by atoms with Crippen LogP contribution >= 0.6 is 11.8 Å². The molecule has 0 bridgehead atoms. The van der Waals surface area contributed by atoms with Crippen molar-refractivity contribution < 1.29 is 13.9 Å². The number of anilines is 1. The Bertz CT molecular complexity index is 855. The monoisotopic (exact) mass is 340 g/mol. The molecule has 0 N–H and O–H groups in total. The van der Waals surface area contributed by atoms with E-state index >= 15 is 0 Å². The van der Waals surface area contributed by atoms with E-state index in [4.69, 9.17) is 9.15 Å². The molecule has 4 rings (SSSR count). The summed E-state index contributed by atoms with van der Waals surface area (Å²) in [7, 11) is 0. The van der Waals surface area contributed by atoms with E-state index in [1.807, 2.05) is 37.3 Å². The molecule has 2 aliphatic rings. The van der Waals surface area contributed by atoms with E-state index in [2.05, 4.69) is 16.0 Å². The van der Waals surface area contributed by atoms with Gasteiger partial charge in [-0.3, -0.25) is 0 Å². The number of amidine groups is 1. The molecule has 0 aliphatic carbocycles. The molecule has 1 atom stereocenters. The number of aliphatic imine (C=N–C) groups is 1. The molecule has 2 aromatic rings. The second kappa shape index (κ2) is 5.87. The van der Waals surface area contributed by atoms with Crippen molar-refractivity contribution in [2.45, 2.75) is 24.8 Å². The van der Waals surface area contributed by atoms with Crippen LogP contribution in [0.5, 0.6) is 0 Å². The molecule has 1 aromatic carbocycles. The van der Waals surface area contributed by atoms with Crippen LogP contribution in [0.4, 0.5) is 5.69 Å². The molecule has 0 saturated carbocycles. The maximum atomic E-state index is 12.6. The first-order valence-corrected chi connectivity index (χ1v) is 8.58. The fraction of sp³-hybridized carbons (Fsp3) is 0.222. The number of para-hydroxylation sites is 1. The van der Waals surface area contributed by atoms with Crippen LogP contribution < -0.4 is 4.90 Å². The number of thioether (sulfide) groups is 1. The molecule has 0 amide bonds. The van der Waals surface area contributed by atoms with Gasteiger partial charge in [-0.05, 0) is 49.9 Å². The van der Waals surface area contributed by atoms with Gasteiger partial charge in [0, 0.05) is 4.90 Å². The number of hydrogen-bond donors (Lipinski definition) is 0. The number of ether oxygens (including phenoxy) is 1. The highest BCUT2D eigenvalue weighted by molar-refractivity contribution is 8.14. The van der Waals surface area contributed by atoms with E-state index in [0.717, 1.165) is 15.8 Å². The third-order valence-electron chi connectivity index (χ3n) is 4.02. The zero-order valence-electron chi connectivity index (χ0n) is 13.4. The van der Waals surface area contributed by atoms with Gasteiger partial charge in [-0.15, -0.1) is 0 Å². The average molecular weight is 340 g/mol. The maximum absolute atomic E-state index is 12.6. The van der Waals surface area contributed by atoms with E-state index in [9.17, 15) is 4.79 Å². The first-order valence-electron chi connectivity index (χ1n) is 7.76. The van der Waals surface area contributed by atoms with Crippen LogP contribution in [-0.4, -0.2) is 17.7 Å². The summed E-state index contributed by atoms with van der Waals surface area (Å²) in [4.78, 5) is 20.4. The quantitative estimate of drug-likeness (QED) is 0.786. The summed E-state index contributed by atoms with van der Waals surface area (Å²) in [5.41, 5.74) is 2.21. The van der Waals surface area contributed by atoms with Gasteiger partial charge in [0.15, 0.2) is 5.17 Å². The Hall–Kier alpha value is -2.47. The Morgan fingerprint density at radius 1 is 1.33 bits per heavy atom. The first kappa shape index (κ1) is 15.1. The van der Waals surface area contributed by atoms with Crippen LogP contribution in [0.25, 0.3) is 0 Å². The van der Waals surface area contributed by atoms with Gasteiger partial charge in [0.1, 0.15) is 11.8 Å². The number of carbonyl (C=O) groups is 1. The molecule has 0 radical (unpaired) electrons. The van der Waals surface area contributed by atoms with Gasteiger partial charge in [0.25, 0.3) is 0 Å². The molecule has 1 aromatic heterocycles. The Balaban J connectivity index is 1.89. The van der Waals surface area contributed by atoms with E-state index in [1.165, 1.54) is 0 Å². The normalized spacial score (nSPS) is 19.0. The van der Waals surface area contributed by atoms with Crippen LogP contribution in [0.15, 0.2) is 68.2 Å².